The molecule has 34 heavy (non-hydrogen) atoms. The molecule has 4 nitrogen and oxygen atoms in total. The number of hydrogen-bond acceptors (Lipinski definition) is 3. The van der Waals surface area contributed by atoms with E-state index in [1.54, 1.807) is 0 Å². The molecule has 0 aromatic heterocycles. The van der Waals surface area contributed by atoms with Crippen LogP contribution in [0.4, 0.5) is 8.78 Å². The Morgan fingerprint density at radius 2 is 1.59 bits per heavy atom. The molecule has 0 aliphatic carbocycles. The molecule has 2 heterocycles. The number of likely N-dealkylation sites (tertiary alicyclic amines) is 2. The number of halogens is 2. The first-order valence-corrected chi connectivity index (χ1v) is 12.2. The van der Waals surface area contributed by atoms with Gasteiger partial charge in [0.1, 0.15) is 11.6 Å². The minimum Gasteiger partial charge on any atom is -0.384 e. The summed E-state index contributed by atoms with van der Waals surface area (Å²) in [6, 6.07) is 13.3. The number of hydrogen-bond donors (Lipinski definition) is 1. The molecule has 0 radical (unpaired) electrons. The number of carbonyl (C=O) groups is 1. The maximum Gasteiger partial charge on any atom is 0.227 e. The van der Waals surface area contributed by atoms with Crippen molar-refractivity contribution in [2.75, 3.05) is 26.2 Å². The van der Waals surface area contributed by atoms with Crippen LogP contribution in [0.25, 0.3) is 0 Å². The third-order valence-corrected chi connectivity index (χ3v) is 7.99. The normalized spacial score (nSPS) is 30.5. The van der Waals surface area contributed by atoms with Gasteiger partial charge in [0, 0.05) is 55.5 Å². The summed E-state index contributed by atoms with van der Waals surface area (Å²) >= 11 is 0. The summed E-state index contributed by atoms with van der Waals surface area (Å²) in [4.78, 5) is 17.9. The second-order valence-electron chi connectivity index (χ2n) is 11.2. The van der Waals surface area contributed by atoms with E-state index in [-0.39, 0.29) is 29.2 Å². The second kappa shape index (κ2) is 9.04. The molecule has 2 fully saturated rings. The fourth-order valence-electron chi connectivity index (χ4n) is 5.91. The lowest BCUT2D eigenvalue weighted by Crippen LogP contribution is -2.57. The minimum absolute atomic E-state index is 0.0192. The van der Waals surface area contributed by atoms with Crippen molar-refractivity contribution in [3.05, 3.63) is 71.3 Å². The second-order valence-corrected chi connectivity index (χ2v) is 11.2. The molecule has 2 aliphatic heterocycles. The Morgan fingerprint density at radius 3 is 2.15 bits per heavy atom. The molecule has 0 spiro atoms. The largest absolute Gasteiger partial charge is 0.384 e. The predicted octanol–water partition coefficient (Wildman–Crippen LogP) is 4.78. The lowest BCUT2D eigenvalue weighted by Gasteiger charge is -2.48. The fraction of sp³-hybridized carbons (Fsp3) is 0.536. The van der Waals surface area contributed by atoms with Crippen molar-refractivity contribution < 1.29 is 18.7 Å². The summed E-state index contributed by atoms with van der Waals surface area (Å²) in [5, 5.41) is 11.7. The zero-order valence-corrected chi connectivity index (χ0v) is 20.8. The highest BCUT2D eigenvalue weighted by molar-refractivity contribution is 5.81. The van der Waals surface area contributed by atoms with Gasteiger partial charge in [0.15, 0.2) is 0 Å². The van der Waals surface area contributed by atoms with Gasteiger partial charge in [-0.15, -0.1) is 0 Å². The summed E-state index contributed by atoms with van der Waals surface area (Å²) in [5.74, 6) is -2.35. The number of rotatable bonds is 3. The lowest BCUT2D eigenvalue weighted by molar-refractivity contribution is -0.152. The van der Waals surface area contributed by atoms with Gasteiger partial charge in [0.2, 0.25) is 5.91 Å². The number of piperidine rings is 1. The highest BCUT2D eigenvalue weighted by Gasteiger charge is 2.50. The third kappa shape index (κ3) is 4.38. The molecule has 0 bridgehead atoms. The van der Waals surface area contributed by atoms with Crippen molar-refractivity contribution in [1.29, 1.82) is 0 Å². The average molecular weight is 471 g/mol. The monoisotopic (exact) mass is 470 g/mol. The zero-order valence-electron chi connectivity index (χ0n) is 20.8. The van der Waals surface area contributed by atoms with E-state index in [0.29, 0.717) is 31.7 Å². The molecule has 2 aromatic carbocycles. The zero-order chi connectivity index (χ0) is 24.8. The first kappa shape index (κ1) is 24.8. The molecule has 6 heteroatoms. The molecule has 5 atom stereocenters. The summed E-state index contributed by atoms with van der Waals surface area (Å²) in [6.07, 6.45) is 0. The van der Waals surface area contributed by atoms with E-state index in [0.717, 1.165) is 11.6 Å². The van der Waals surface area contributed by atoms with E-state index in [4.69, 9.17) is 0 Å². The Hall–Kier alpha value is -2.31. The molecule has 1 unspecified atom stereocenters. The van der Waals surface area contributed by atoms with E-state index < -0.39 is 23.2 Å². The van der Waals surface area contributed by atoms with Crippen LogP contribution in [-0.4, -0.2) is 52.5 Å². The third-order valence-electron chi connectivity index (χ3n) is 7.99. The van der Waals surface area contributed by atoms with E-state index in [1.807, 2.05) is 49.1 Å². The van der Waals surface area contributed by atoms with E-state index >= 15 is 0 Å². The summed E-state index contributed by atoms with van der Waals surface area (Å²) < 4.78 is 28.4. The highest BCUT2D eigenvalue weighted by Crippen LogP contribution is 2.43. The van der Waals surface area contributed by atoms with Crippen LogP contribution in [0, 0.1) is 29.4 Å². The van der Waals surface area contributed by atoms with Gasteiger partial charge in [-0.3, -0.25) is 9.69 Å². The number of amides is 1. The molecular formula is C28H36F2N2O2. The topological polar surface area (TPSA) is 43.8 Å². The van der Waals surface area contributed by atoms with Crippen LogP contribution in [0.5, 0.6) is 0 Å². The van der Waals surface area contributed by atoms with Crippen LogP contribution in [-0.2, 0) is 10.4 Å². The smallest absolute Gasteiger partial charge is 0.227 e. The van der Waals surface area contributed by atoms with Gasteiger partial charge >= 0.3 is 0 Å². The first-order valence-electron chi connectivity index (χ1n) is 12.2. The van der Waals surface area contributed by atoms with Gasteiger partial charge in [0.25, 0.3) is 0 Å². The van der Waals surface area contributed by atoms with Crippen LogP contribution in [0.1, 0.15) is 51.7 Å². The van der Waals surface area contributed by atoms with Crippen molar-refractivity contribution in [2.24, 2.45) is 17.8 Å². The van der Waals surface area contributed by atoms with Gasteiger partial charge in [-0.1, -0.05) is 50.2 Å². The molecule has 4 rings (SSSR count). The molecule has 2 aliphatic rings. The average Bonchev–Trinajstić information content (AvgIpc) is 3.23. The fourth-order valence-corrected chi connectivity index (χ4v) is 5.91. The van der Waals surface area contributed by atoms with Gasteiger partial charge < -0.3 is 10.0 Å². The minimum atomic E-state index is -1.02. The van der Waals surface area contributed by atoms with Crippen LogP contribution in [0.15, 0.2) is 48.5 Å². The Bertz CT molecular complexity index is 1020. The molecular weight excluding hydrogens is 434 g/mol. The SMILES string of the molecule is C[C@@H]1CN(C(=O)[C@@H]2CN(C(C)(C)C)C[C@H]2c2ccc(F)cc2F)C[C@H](C)C1(O)c1ccccc1. The Morgan fingerprint density at radius 1 is 0.971 bits per heavy atom. The Balaban J connectivity index is 1.61. The van der Waals surface area contributed by atoms with Crippen LogP contribution in [0.2, 0.25) is 0 Å². The van der Waals surface area contributed by atoms with Crippen LogP contribution in [0.3, 0.4) is 0 Å². The van der Waals surface area contributed by atoms with Crippen LogP contribution < -0.4 is 0 Å². The van der Waals surface area contributed by atoms with Gasteiger partial charge in [-0.25, -0.2) is 8.78 Å². The molecule has 2 aromatic rings. The van der Waals surface area contributed by atoms with Crippen molar-refractivity contribution in [3.8, 4) is 0 Å². The maximum absolute atomic E-state index is 14.8. The lowest BCUT2D eigenvalue weighted by atomic mass is 9.70. The molecule has 1 N–H and O–H groups in total. The number of aliphatic hydroxyl groups is 1. The number of nitrogens with zero attached hydrogens (tertiary/aromatic N) is 2. The van der Waals surface area contributed by atoms with Gasteiger partial charge in [-0.05, 0) is 38.0 Å². The van der Waals surface area contributed by atoms with Crippen molar-refractivity contribution in [3.63, 3.8) is 0 Å². The molecule has 2 saturated heterocycles. The van der Waals surface area contributed by atoms with E-state index in [1.165, 1.54) is 12.1 Å². The quantitative estimate of drug-likeness (QED) is 0.702. The Labute approximate surface area is 201 Å². The van der Waals surface area contributed by atoms with E-state index in [2.05, 4.69) is 25.7 Å². The van der Waals surface area contributed by atoms with E-state index in [9.17, 15) is 18.7 Å². The summed E-state index contributed by atoms with van der Waals surface area (Å²) in [7, 11) is 0. The van der Waals surface area contributed by atoms with Gasteiger partial charge in [0.05, 0.1) is 11.5 Å². The molecule has 1 amide bonds. The van der Waals surface area contributed by atoms with Crippen molar-refractivity contribution >= 4 is 5.91 Å². The first-order chi connectivity index (χ1) is 15.9. The number of benzene rings is 2. The maximum atomic E-state index is 14.8. The summed E-state index contributed by atoms with van der Waals surface area (Å²) in [5.41, 5.74) is 0.0616. The highest BCUT2D eigenvalue weighted by atomic mass is 19.1. The van der Waals surface area contributed by atoms with Crippen LogP contribution >= 0.6 is 0 Å². The van der Waals surface area contributed by atoms with Gasteiger partial charge in [-0.2, -0.15) is 0 Å². The van der Waals surface area contributed by atoms with Crippen molar-refractivity contribution in [2.45, 2.75) is 51.7 Å². The molecule has 184 valence electrons. The standard InChI is InChI=1S/C28H36F2N2O2/c1-18-14-31(15-19(2)28(18,34)20-9-7-6-8-10-20)26(33)24-17-32(27(3,4)5)16-23(24)22-12-11-21(29)13-25(22)30/h6-13,18-19,23-24,34H,14-17H2,1-5H3/t18-,19+,23-,24+,28?/m0/s1. The number of carbonyl (C=O) groups excluding carboxylic acids is 1. The molecule has 0 saturated carbocycles. The summed E-state index contributed by atoms with van der Waals surface area (Å²) in [6.45, 7) is 12.1. The van der Waals surface area contributed by atoms with Crippen molar-refractivity contribution in [1.82, 2.24) is 9.80 Å². The predicted molar refractivity (Wildman–Crippen MR) is 129 cm³/mol. The Kier molecular flexibility index (Phi) is 6.60.